The zero-order valence-electron chi connectivity index (χ0n) is 8.78. The van der Waals surface area contributed by atoms with E-state index in [-0.39, 0.29) is 0 Å². The summed E-state index contributed by atoms with van der Waals surface area (Å²) in [5, 5.41) is 7.76. The molecule has 13 heteroatoms. The molecule has 0 saturated heterocycles. The minimum Gasteiger partial charge on any atom is -0.303 e. The van der Waals surface area contributed by atoms with Crippen molar-refractivity contribution in [2.45, 2.75) is 19.8 Å². The van der Waals surface area contributed by atoms with Crippen LogP contribution in [0.4, 0.5) is 0 Å². The minimum atomic E-state index is -4.64. The fourth-order valence-corrected chi connectivity index (χ4v) is 0.722. The van der Waals surface area contributed by atoms with Gasteiger partial charge in [0, 0.05) is 17.8 Å². The van der Waals surface area contributed by atoms with Crippen LogP contribution in [0.2, 0.25) is 0 Å². The Hall–Kier alpha value is 0.490. The van der Waals surface area contributed by atoms with E-state index in [1.54, 1.807) is 0 Å². The first-order chi connectivity index (χ1) is 7.41. The fourth-order valence-electron chi connectivity index (χ4n) is 0.241. The normalized spacial score (nSPS) is 10.8. The van der Waals surface area contributed by atoms with Gasteiger partial charge < -0.3 is 29.4 Å². The van der Waals surface area contributed by atoms with Crippen molar-refractivity contribution in [3.63, 3.8) is 0 Å². The van der Waals surface area contributed by atoms with Gasteiger partial charge in [-0.05, 0) is 6.42 Å². The van der Waals surface area contributed by atoms with Gasteiger partial charge in [0.05, 0.1) is 0 Å². The van der Waals surface area contributed by atoms with Gasteiger partial charge in [-0.1, -0.05) is 13.3 Å². The Morgan fingerprint density at radius 2 is 1.29 bits per heavy atom. The summed E-state index contributed by atoms with van der Waals surface area (Å²) in [6, 6.07) is 0. The summed E-state index contributed by atoms with van der Waals surface area (Å²) < 4.78 is 21.5. The van der Waals surface area contributed by atoms with Crippen molar-refractivity contribution in [3.05, 3.63) is 0 Å². The average molecular weight is 318 g/mol. The van der Waals surface area contributed by atoms with Crippen molar-refractivity contribution in [2.24, 2.45) is 0 Å². The number of phosphoric acid groups is 2. The Kier molecular flexibility index (Phi) is 17.2. The molecular weight excluding hydrogens is 302 g/mol. The molecule has 0 rings (SSSR count). The molecule has 0 fully saturated rings. The van der Waals surface area contributed by atoms with Crippen LogP contribution in [-0.2, 0) is 13.5 Å². The van der Waals surface area contributed by atoms with Crippen molar-refractivity contribution < 1.29 is 48.1 Å². The van der Waals surface area contributed by atoms with Crippen LogP contribution >= 0.6 is 27.7 Å². The molecule has 0 bridgehead atoms. The Morgan fingerprint density at radius 3 is 1.47 bits per heavy atom. The predicted molar refractivity (Wildman–Crippen MR) is 59.6 cm³/mol. The Morgan fingerprint density at radius 1 is 1.00 bits per heavy atom. The predicted octanol–water partition coefficient (Wildman–Crippen LogP) is 0.0671. The molecule has 0 atom stereocenters. The van der Waals surface area contributed by atoms with Gasteiger partial charge in [-0.3, -0.25) is 0 Å². The molecule has 17 heavy (non-hydrogen) atoms. The second-order valence-electron chi connectivity index (χ2n) is 2.28. The zero-order valence-corrected chi connectivity index (χ0v) is 11.4. The molecular formula is C4H16O10P2S. The molecule has 0 radical (unpaired) electrons. The molecule has 7 N–H and O–H groups in total. The second-order valence-corrected chi connectivity index (χ2v) is 5.12. The third-order valence-electron chi connectivity index (χ3n) is 0.634. The van der Waals surface area contributed by atoms with Crippen LogP contribution in [0.15, 0.2) is 0 Å². The maximum atomic E-state index is 8.88. The summed E-state index contributed by atoms with van der Waals surface area (Å²) in [7, 11) is -9.28. The van der Waals surface area contributed by atoms with E-state index in [2.05, 4.69) is 11.3 Å². The van der Waals surface area contributed by atoms with E-state index < -0.39 is 15.6 Å². The Labute approximate surface area is 102 Å². The summed E-state index contributed by atoms with van der Waals surface area (Å²) >= 11 is 1.09. The lowest BCUT2D eigenvalue weighted by Crippen LogP contribution is -1.76. The summed E-state index contributed by atoms with van der Waals surface area (Å²) in [6.45, 7) is 2.10. The maximum Gasteiger partial charge on any atom is 0.466 e. The van der Waals surface area contributed by atoms with Crippen molar-refractivity contribution in [3.8, 4) is 0 Å². The van der Waals surface area contributed by atoms with E-state index in [0.717, 1.165) is 30.6 Å². The lowest BCUT2D eigenvalue weighted by molar-refractivity contribution is -0.116. The highest BCUT2D eigenvalue weighted by atomic mass is 32.2. The van der Waals surface area contributed by atoms with Crippen LogP contribution in [0.3, 0.4) is 0 Å². The molecule has 10 nitrogen and oxygen atoms in total. The second kappa shape index (κ2) is 12.9. The smallest absolute Gasteiger partial charge is 0.303 e. The largest absolute Gasteiger partial charge is 0.466 e. The summed E-state index contributed by atoms with van der Waals surface area (Å²) in [6.07, 6.45) is 2.25. The molecule has 108 valence electrons. The highest BCUT2D eigenvalue weighted by Gasteiger charge is 2.00. The Balaban J connectivity index is -0.000000177. The first-order valence-corrected chi connectivity index (χ1v) is 7.95. The van der Waals surface area contributed by atoms with Gasteiger partial charge in [0.2, 0.25) is 0 Å². The average Bonchev–Trinajstić information content (AvgIpc) is 1.99. The van der Waals surface area contributed by atoms with Gasteiger partial charge in [0.15, 0.2) is 0 Å². The molecule has 0 heterocycles. The quantitative estimate of drug-likeness (QED) is 0.122. The number of hydrogen-bond donors (Lipinski definition) is 7. The first kappa shape index (κ1) is 22.7. The van der Waals surface area contributed by atoms with Crippen LogP contribution < -0.4 is 0 Å². The van der Waals surface area contributed by atoms with Gasteiger partial charge in [-0.2, -0.15) is 4.33 Å². The standard InChI is InChI=1S/C4H10O2S.2H3O4P/c1-2-3-4-7-6-5;2*1-5(2,3)4/h5H,2-4H2,1H3;2*(H3,1,2,3,4). The summed E-state index contributed by atoms with van der Waals surface area (Å²) in [5.74, 6) is 0.882. The molecule has 0 aliphatic carbocycles. The molecule has 0 aromatic carbocycles. The van der Waals surface area contributed by atoms with Crippen LogP contribution in [-0.4, -0.2) is 40.4 Å². The third-order valence-corrected chi connectivity index (χ3v) is 1.19. The molecule has 0 aliphatic rings. The van der Waals surface area contributed by atoms with E-state index in [1.165, 1.54) is 0 Å². The highest BCUT2D eigenvalue weighted by molar-refractivity contribution is 7.94. The third kappa shape index (κ3) is 172. The zero-order chi connectivity index (χ0) is 14.5. The van der Waals surface area contributed by atoms with E-state index in [0.29, 0.717) is 0 Å². The van der Waals surface area contributed by atoms with Gasteiger partial charge in [-0.25, -0.2) is 14.4 Å². The van der Waals surface area contributed by atoms with Crippen molar-refractivity contribution in [1.29, 1.82) is 0 Å². The van der Waals surface area contributed by atoms with Crippen molar-refractivity contribution in [1.82, 2.24) is 0 Å². The van der Waals surface area contributed by atoms with Crippen LogP contribution in [0, 0.1) is 0 Å². The Bertz CT molecular complexity index is 194. The van der Waals surface area contributed by atoms with Crippen LogP contribution in [0.25, 0.3) is 0 Å². The monoisotopic (exact) mass is 318 g/mol. The van der Waals surface area contributed by atoms with E-state index in [4.69, 9.17) is 43.7 Å². The first-order valence-electron chi connectivity index (χ1n) is 3.91. The van der Waals surface area contributed by atoms with E-state index in [9.17, 15) is 0 Å². The number of hydrogen-bond acceptors (Lipinski definition) is 5. The van der Waals surface area contributed by atoms with Crippen LogP contribution in [0.1, 0.15) is 19.8 Å². The molecule has 0 aromatic rings. The maximum absolute atomic E-state index is 8.88. The molecule has 0 aromatic heterocycles. The van der Waals surface area contributed by atoms with Gasteiger partial charge in [0.25, 0.3) is 0 Å². The van der Waals surface area contributed by atoms with Crippen molar-refractivity contribution in [2.75, 3.05) is 5.75 Å². The SMILES string of the molecule is CCCCSOO.O=P(O)(O)O.O=P(O)(O)O. The van der Waals surface area contributed by atoms with Gasteiger partial charge in [-0.15, -0.1) is 0 Å². The molecule has 0 unspecified atom stereocenters. The molecule has 0 aliphatic heterocycles. The van der Waals surface area contributed by atoms with Crippen molar-refractivity contribution >= 4 is 27.7 Å². The molecule has 0 spiro atoms. The minimum absolute atomic E-state index is 0.882. The fraction of sp³-hybridized carbons (Fsp3) is 1.00. The number of unbranched alkanes of at least 4 members (excludes halogenated alkanes) is 1. The lowest BCUT2D eigenvalue weighted by atomic mass is 10.4. The molecule has 0 amide bonds. The summed E-state index contributed by atoms with van der Waals surface area (Å²) in [4.78, 5) is 43.1. The summed E-state index contributed by atoms with van der Waals surface area (Å²) in [5.41, 5.74) is 0. The van der Waals surface area contributed by atoms with Crippen LogP contribution in [0.5, 0.6) is 0 Å². The van der Waals surface area contributed by atoms with E-state index in [1.807, 2.05) is 0 Å². The highest BCUT2D eigenvalue weighted by Crippen LogP contribution is 2.26. The topological polar surface area (TPSA) is 185 Å². The van der Waals surface area contributed by atoms with E-state index >= 15 is 0 Å². The van der Waals surface area contributed by atoms with Gasteiger partial charge in [0.1, 0.15) is 0 Å². The number of rotatable bonds is 4. The molecule has 0 saturated carbocycles. The van der Waals surface area contributed by atoms with Gasteiger partial charge >= 0.3 is 15.6 Å². The lowest BCUT2D eigenvalue weighted by Gasteiger charge is -1.89.